The Morgan fingerprint density at radius 1 is 1.05 bits per heavy atom. The number of halogens is 1. The smallest absolute Gasteiger partial charge is 0.306 e. The van der Waals surface area contributed by atoms with Gasteiger partial charge < -0.3 is 10.0 Å². The number of para-hydroxylation sites is 1. The van der Waals surface area contributed by atoms with Crippen LogP contribution in [0.15, 0.2) is 58.7 Å². The summed E-state index contributed by atoms with van der Waals surface area (Å²) in [4.78, 5) is 46.3. The van der Waals surface area contributed by atoms with Crippen LogP contribution in [0.4, 0.5) is 0 Å². The SMILES string of the molecule is CCc1cccc(CC)c1-n1c(C)c(C(=O)N2CCC(C(=O)O)CC2)cc(-c2nc(-c3ccc(Cl)cc3)cs2)c1=O. The molecule has 1 fully saturated rings. The van der Waals surface area contributed by atoms with Gasteiger partial charge in [-0.2, -0.15) is 0 Å². The molecule has 0 spiro atoms. The summed E-state index contributed by atoms with van der Waals surface area (Å²) in [5.74, 6) is -1.48. The monoisotopic (exact) mass is 589 g/mol. The number of rotatable bonds is 7. The van der Waals surface area contributed by atoms with Gasteiger partial charge in [-0.15, -0.1) is 11.3 Å². The summed E-state index contributed by atoms with van der Waals surface area (Å²) in [6.07, 6.45) is 2.26. The molecule has 0 unspecified atom stereocenters. The number of carboxylic acid groups (broad SMARTS) is 1. The summed E-state index contributed by atoms with van der Waals surface area (Å²) in [6, 6.07) is 15.1. The minimum Gasteiger partial charge on any atom is -0.481 e. The van der Waals surface area contributed by atoms with E-state index in [1.165, 1.54) is 11.3 Å². The largest absolute Gasteiger partial charge is 0.481 e. The molecular weight excluding hydrogens is 558 g/mol. The van der Waals surface area contributed by atoms with E-state index in [1.807, 2.05) is 42.6 Å². The van der Waals surface area contributed by atoms with E-state index < -0.39 is 11.9 Å². The van der Waals surface area contributed by atoms with Gasteiger partial charge in [-0.3, -0.25) is 19.0 Å². The molecule has 7 nitrogen and oxygen atoms in total. The summed E-state index contributed by atoms with van der Waals surface area (Å²) in [6.45, 7) is 6.64. The highest BCUT2D eigenvalue weighted by molar-refractivity contribution is 7.13. The second kappa shape index (κ2) is 12.0. The number of benzene rings is 2. The maximum absolute atomic E-state index is 14.3. The molecule has 0 aliphatic carbocycles. The molecule has 9 heteroatoms. The van der Waals surface area contributed by atoms with Crippen LogP contribution in [0, 0.1) is 12.8 Å². The molecule has 0 saturated carbocycles. The zero-order chi connectivity index (χ0) is 29.3. The molecule has 2 aromatic carbocycles. The van der Waals surface area contributed by atoms with Crippen molar-refractivity contribution in [2.75, 3.05) is 13.1 Å². The molecule has 41 heavy (non-hydrogen) atoms. The van der Waals surface area contributed by atoms with Crippen molar-refractivity contribution in [1.82, 2.24) is 14.5 Å². The first kappa shape index (κ1) is 28.8. The predicted octanol–water partition coefficient (Wildman–Crippen LogP) is 6.65. The molecule has 0 bridgehead atoms. The van der Waals surface area contributed by atoms with E-state index in [2.05, 4.69) is 13.8 Å². The number of likely N-dealkylation sites (tertiary alicyclic amines) is 1. The predicted molar refractivity (Wildman–Crippen MR) is 163 cm³/mol. The number of piperidine rings is 1. The Bertz CT molecular complexity index is 1650. The highest BCUT2D eigenvalue weighted by Gasteiger charge is 2.30. The lowest BCUT2D eigenvalue weighted by atomic mass is 9.96. The fourth-order valence-corrected chi connectivity index (χ4v) is 6.46. The number of carbonyl (C=O) groups is 2. The van der Waals surface area contributed by atoms with Gasteiger partial charge in [0.25, 0.3) is 11.5 Å². The van der Waals surface area contributed by atoms with Gasteiger partial charge in [0.2, 0.25) is 0 Å². The summed E-state index contributed by atoms with van der Waals surface area (Å²) < 4.78 is 1.69. The molecule has 4 aromatic rings. The Hall–Kier alpha value is -3.75. The quantitative estimate of drug-likeness (QED) is 0.260. The Balaban J connectivity index is 1.68. The minimum absolute atomic E-state index is 0.206. The highest BCUT2D eigenvalue weighted by atomic mass is 35.5. The normalized spacial score (nSPS) is 13.9. The van der Waals surface area contributed by atoms with E-state index in [0.717, 1.165) is 40.9 Å². The van der Waals surface area contributed by atoms with Gasteiger partial charge in [-0.25, -0.2) is 4.98 Å². The van der Waals surface area contributed by atoms with Crippen molar-refractivity contribution >= 4 is 34.8 Å². The zero-order valence-electron chi connectivity index (χ0n) is 23.3. The fourth-order valence-electron chi connectivity index (χ4n) is 5.50. The Labute approximate surface area is 248 Å². The van der Waals surface area contributed by atoms with E-state index in [0.29, 0.717) is 52.8 Å². The van der Waals surface area contributed by atoms with Crippen LogP contribution in [0.3, 0.4) is 0 Å². The van der Waals surface area contributed by atoms with Gasteiger partial charge in [-0.05, 0) is 61.9 Å². The van der Waals surface area contributed by atoms with E-state index in [1.54, 1.807) is 27.7 Å². The molecule has 3 heterocycles. The maximum atomic E-state index is 14.3. The van der Waals surface area contributed by atoms with E-state index in [9.17, 15) is 19.5 Å². The van der Waals surface area contributed by atoms with Crippen LogP contribution in [0.2, 0.25) is 5.02 Å². The number of carbonyl (C=O) groups excluding carboxylic acids is 1. The lowest BCUT2D eigenvalue weighted by Gasteiger charge is -2.31. The first-order valence-corrected chi connectivity index (χ1v) is 15.1. The molecule has 1 N–H and O–H groups in total. The van der Waals surface area contributed by atoms with Gasteiger partial charge in [0.1, 0.15) is 5.01 Å². The second-order valence-electron chi connectivity index (χ2n) is 10.3. The Kier molecular flexibility index (Phi) is 8.42. The van der Waals surface area contributed by atoms with Gasteiger partial charge >= 0.3 is 5.97 Å². The second-order valence-corrected chi connectivity index (χ2v) is 11.6. The molecular formula is C32H32ClN3O4S. The molecule has 0 atom stereocenters. The van der Waals surface area contributed by atoms with Crippen LogP contribution >= 0.6 is 22.9 Å². The molecule has 5 rings (SSSR count). The number of thiazole rings is 1. The number of aliphatic carboxylic acids is 1. The van der Waals surface area contributed by atoms with Gasteiger partial charge in [0, 0.05) is 34.7 Å². The van der Waals surface area contributed by atoms with Crippen LogP contribution in [0.1, 0.15) is 53.9 Å². The lowest BCUT2D eigenvalue weighted by molar-refractivity contribution is -0.143. The number of aryl methyl sites for hydroxylation is 2. The van der Waals surface area contributed by atoms with E-state index in [4.69, 9.17) is 16.6 Å². The molecule has 1 saturated heterocycles. The topological polar surface area (TPSA) is 92.5 Å². The van der Waals surface area contributed by atoms with Gasteiger partial charge in [0.05, 0.1) is 28.4 Å². The highest BCUT2D eigenvalue weighted by Crippen LogP contribution is 2.31. The third-order valence-electron chi connectivity index (χ3n) is 7.87. The summed E-state index contributed by atoms with van der Waals surface area (Å²) in [5.41, 5.74) is 5.58. The van der Waals surface area contributed by atoms with Crippen molar-refractivity contribution in [1.29, 1.82) is 0 Å². The van der Waals surface area contributed by atoms with Crippen molar-refractivity contribution < 1.29 is 14.7 Å². The number of carboxylic acids is 1. The average Bonchev–Trinajstić information content (AvgIpc) is 3.47. The minimum atomic E-state index is -0.826. The number of hydrogen-bond acceptors (Lipinski definition) is 5. The Morgan fingerprint density at radius 2 is 1.68 bits per heavy atom. The van der Waals surface area contributed by atoms with Crippen molar-refractivity contribution in [2.24, 2.45) is 5.92 Å². The van der Waals surface area contributed by atoms with E-state index in [-0.39, 0.29) is 11.5 Å². The number of hydrogen-bond donors (Lipinski definition) is 1. The first-order chi connectivity index (χ1) is 19.7. The number of nitrogens with zero attached hydrogens (tertiary/aromatic N) is 3. The molecule has 1 aliphatic heterocycles. The van der Waals surface area contributed by atoms with E-state index >= 15 is 0 Å². The molecule has 2 aromatic heterocycles. The lowest BCUT2D eigenvalue weighted by Crippen LogP contribution is -2.41. The van der Waals surface area contributed by atoms with Crippen molar-refractivity contribution in [3.05, 3.63) is 91.7 Å². The van der Waals surface area contributed by atoms with Gasteiger partial charge in [-0.1, -0.05) is 55.8 Å². The molecule has 212 valence electrons. The van der Waals surface area contributed by atoms with Crippen molar-refractivity contribution in [3.8, 4) is 27.5 Å². The van der Waals surface area contributed by atoms with Crippen LogP contribution in [-0.2, 0) is 17.6 Å². The molecule has 1 aliphatic rings. The fraction of sp³-hybridized carbons (Fsp3) is 0.312. The molecule has 0 radical (unpaired) electrons. The van der Waals surface area contributed by atoms with Crippen LogP contribution in [0.25, 0.3) is 27.5 Å². The first-order valence-electron chi connectivity index (χ1n) is 13.8. The van der Waals surface area contributed by atoms with Crippen molar-refractivity contribution in [2.45, 2.75) is 46.5 Å². The zero-order valence-corrected chi connectivity index (χ0v) is 24.9. The van der Waals surface area contributed by atoms with Crippen LogP contribution in [0.5, 0.6) is 0 Å². The summed E-state index contributed by atoms with van der Waals surface area (Å²) in [7, 11) is 0. The Morgan fingerprint density at radius 3 is 2.27 bits per heavy atom. The number of pyridine rings is 1. The molecule has 1 amide bonds. The third kappa shape index (κ3) is 5.59. The maximum Gasteiger partial charge on any atom is 0.306 e. The average molecular weight is 590 g/mol. The summed E-state index contributed by atoms with van der Waals surface area (Å²) in [5, 5.41) is 12.5. The number of aromatic nitrogens is 2. The number of amides is 1. The van der Waals surface area contributed by atoms with Crippen molar-refractivity contribution in [3.63, 3.8) is 0 Å². The standard InChI is InChI=1S/C32H32ClN3O4S/c1-4-20-7-6-8-21(5-2)28(20)36-19(3)25(30(37)35-15-13-23(14-16-35)32(39)40)17-26(31(36)38)29-34-27(18-41-29)22-9-11-24(33)12-10-22/h6-12,17-18,23H,4-5,13-16H2,1-3H3,(H,39,40). The third-order valence-corrected chi connectivity index (χ3v) is 9.00. The van der Waals surface area contributed by atoms with Crippen LogP contribution in [-0.4, -0.2) is 44.5 Å². The summed E-state index contributed by atoms with van der Waals surface area (Å²) >= 11 is 7.43. The van der Waals surface area contributed by atoms with Crippen LogP contribution < -0.4 is 5.56 Å². The van der Waals surface area contributed by atoms with Gasteiger partial charge in [0.15, 0.2) is 0 Å².